The number of benzene rings is 1. The van der Waals surface area contributed by atoms with Gasteiger partial charge in [0.1, 0.15) is 0 Å². The lowest BCUT2D eigenvalue weighted by Crippen LogP contribution is -2.47. The summed E-state index contributed by atoms with van der Waals surface area (Å²) in [4.78, 5) is 31.2. The van der Waals surface area contributed by atoms with E-state index >= 15 is 0 Å². The Morgan fingerprint density at radius 2 is 1.72 bits per heavy atom. The SMILES string of the molecule is COc1ccc(C(=O)N2CCC(NC(=O)C(C)c3ccncc3)CC2)cc1OC. The maximum atomic E-state index is 12.8. The quantitative estimate of drug-likeness (QED) is 0.810. The van der Waals surface area contributed by atoms with Gasteiger partial charge < -0.3 is 19.7 Å². The number of carbonyl (C=O) groups excluding carboxylic acids is 2. The predicted molar refractivity (Wildman–Crippen MR) is 109 cm³/mol. The van der Waals surface area contributed by atoms with Gasteiger partial charge in [-0.15, -0.1) is 0 Å². The van der Waals surface area contributed by atoms with Gasteiger partial charge in [0, 0.05) is 37.1 Å². The zero-order valence-corrected chi connectivity index (χ0v) is 17.1. The van der Waals surface area contributed by atoms with Gasteiger partial charge in [-0.3, -0.25) is 14.6 Å². The van der Waals surface area contributed by atoms with E-state index in [1.807, 2.05) is 24.0 Å². The first-order chi connectivity index (χ1) is 14.0. The van der Waals surface area contributed by atoms with Crippen molar-refractivity contribution in [1.29, 1.82) is 0 Å². The maximum absolute atomic E-state index is 12.8. The predicted octanol–water partition coefficient (Wildman–Crippen LogP) is 2.62. The van der Waals surface area contributed by atoms with Crippen molar-refractivity contribution < 1.29 is 19.1 Å². The van der Waals surface area contributed by atoms with Crippen molar-refractivity contribution >= 4 is 11.8 Å². The van der Waals surface area contributed by atoms with Crippen molar-refractivity contribution in [1.82, 2.24) is 15.2 Å². The van der Waals surface area contributed by atoms with E-state index in [-0.39, 0.29) is 23.8 Å². The zero-order valence-electron chi connectivity index (χ0n) is 17.1. The molecule has 1 aliphatic rings. The third kappa shape index (κ3) is 4.85. The Balaban J connectivity index is 1.55. The average molecular weight is 397 g/mol. The summed E-state index contributed by atoms with van der Waals surface area (Å²) < 4.78 is 10.5. The van der Waals surface area contributed by atoms with E-state index < -0.39 is 0 Å². The van der Waals surface area contributed by atoms with Crippen molar-refractivity contribution in [2.45, 2.75) is 31.7 Å². The van der Waals surface area contributed by atoms with Crippen LogP contribution in [0.25, 0.3) is 0 Å². The van der Waals surface area contributed by atoms with Gasteiger partial charge in [-0.1, -0.05) is 0 Å². The zero-order chi connectivity index (χ0) is 20.8. The molecule has 1 aromatic carbocycles. The highest BCUT2D eigenvalue weighted by atomic mass is 16.5. The summed E-state index contributed by atoms with van der Waals surface area (Å²) in [6.07, 6.45) is 4.84. The van der Waals surface area contributed by atoms with E-state index in [1.54, 1.807) is 44.8 Å². The largest absolute Gasteiger partial charge is 0.493 e. The van der Waals surface area contributed by atoms with Crippen molar-refractivity contribution in [2.24, 2.45) is 0 Å². The first kappa shape index (κ1) is 20.6. The van der Waals surface area contributed by atoms with Crippen molar-refractivity contribution in [3.63, 3.8) is 0 Å². The molecule has 1 aliphatic heterocycles. The minimum Gasteiger partial charge on any atom is -0.493 e. The molecule has 1 saturated heterocycles. The number of piperidine rings is 1. The molecule has 0 aliphatic carbocycles. The highest BCUT2D eigenvalue weighted by molar-refractivity contribution is 5.95. The number of hydrogen-bond donors (Lipinski definition) is 1. The lowest BCUT2D eigenvalue weighted by Gasteiger charge is -2.33. The third-order valence-corrected chi connectivity index (χ3v) is 5.36. The molecule has 1 N–H and O–H groups in total. The summed E-state index contributed by atoms with van der Waals surface area (Å²) in [6.45, 7) is 3.09. The van der Waals surface area contributed by atoms with Crippen LogP contribution in [0.1, 0.15) is 41.6 Å². The highest BCUT2D eigenvalue weighted by Gasteiger charge is 2.26. The Morgan fingerprint density at radius 3 is 2.34 bits per heavy atom. The van der Waals surface area contributed by atoms with E-state index in [0.717, 1.165) is 18.4 Å². The number of methoxy groups -OCH3 is 2. The molecular weight excluding hydrogens is 370 g/mol. The molecular formula is C22H27N3O4. The van der Waals surface area contributed by atoms with Crippen molar-refractivity contribution in [3.05, 3.63) is 53.9 Å². The topological polar surface area (TPSA) is 80.8 Å². The molecule has 7 heteroatoms. The number of nitrogens with one attached hydrogen (secondary N) is 1. The molecule has 1 atom stereocenters. The molecule has 3 rings (SSSR count). The number of pyridine rings is 1. The molecule has 1 unspecified atom stereocenters. The Bertz CT molecular complexity index is 848. The summed E-state index contributed by atoms with van der Waals surface area (Å²) in [5.41, 5.74) is 1.51. The molecule has 2 amide bonds. The highest BCUT2D eigenvalue weighted by Crippen LogP contribution is 2.28. The third-order valence-electron chi connectivity index (χ3n) is 5.36. The average Bonchev–Trinajstić information content (AvgIpc) is 2.78. The summed E-state index contributed by atoms with van der Waals surface area (Å²) in [7, 11) is 3.11. The summed E-state index contributed by atoms with van der Waals surface area (Å²) in [6, 6.07) is 8.96. The summed E-state index contributed by atoms with van der Waals surface area (Å²) in [5.74, 6) is 0.852. The fourth-order valence-corrected chi connectivity index (χ4v) is 3.51. The normalized spacial score (nSPS) is 15.5. The maximum Gasteiger partial charge on any atom is 0.253 e. The van der Waals surface area contributed by atoms with E-state index in [9.17, 15) is 9.59 Å². The molecule has 1 aromatic heterocycles. The number of nitrogens with zero attached hydrogens (tertiary/aromatic N) is 2. The van der Waals surface area contributed by atoms with Crippen LogP contribution in [0.4, 0.5) is 0 Å². The standard InChI is InChI=1S/C22H27N3O4/c1-15(16-6-10-23-11-7-16)21(26)24-18-8-12-25(13-9-18)22(27)17-4-5-19(28-2)20(14-17)29-3/h4-7,10-11,14-15,18H,8-9,12-13H2,1-3H3,(H,24,26). The second kappa shape index (κ2) is 9.41. The van der Waals surface area contributed by atoms with Gasteiger partial charge in [-0.2, -0.15) is 0 Å². The molecule has 2 heterocycles. The van der Waals surface area contributed by atoms with E-state index in [1.165, 1.54) is 0 Å². The fourth-order valence-electron chi connectivity index (χ4n) is 3.51. The minimum atomic E-state index is -0.232. The summed E-state index contributed by atoms with van der Waals surface area (Å²) in [5, 5.41) is 3.12. The van der Waals surface area contributed by atoms with Gasteiger partial charge in [-0.05, 0) is 55.7 Å². The lowest BCUT2D eigenvalue weighted by molar-refractivity contribution is -0.123. The number of likely N-dealkylation sites (tertiary alicyclic amines) is 1. The van der Waals surface area contributed by atoms with Crippen LogP contribution in [-0.2, 0) is 4.79 Å². The van der Waals surface area contributed by atoms with Gasteiger partial charge >= 0.3 is 0 Å². The number of amides is 2. The molecule has 0 saturated carbocycles. The second-order valence-corrected chi connectivity index (χ2v) is 7.15. The number of carbonyl (C=O) groups is 2. The molecule has 1 fully saturated rings. The molecule has 0 spiro atoms. The Morgan fingerprint density at radius 1 is 1.07 bits per heavy atom. The molecule has 154 valence electrons. The number of hydrogen-bond acceptors (Lipinski definition) is 5. The second-order valence-electron chi connectivity index (χ2n) is 7.15. The number of aromatic nitrogens is 1. The Labute approximate surface area is 171 Å². The lowest BCUT2D eigenvalue weighted by atomic mass is 9.99. The summed E-state index contributed by atoms with van der Waals surface area (Å²) >= 11 is 0. The van der Waals surface area contributed by atoms with Crippen molar-refractivity contribution in [3.8, 4) is 11.5 Å². The van der Waals surface area contributed by atoms with Crippen LogP contribution >= 0.6 is 0 Å². The van der Waals surface area contributed by atoms with E-state index in [2.05, 4.69) is 10.3 Å². The van der Waals surface area contributed by atoms with Gasteiger partial charge in [0.05, 0.1) is 20.1 Å². The van der Waals surface area contributed by atoms with Crippen LogP contribution < -0.4 is 14.8 Å². The number of rotatable bonds is 6. The monoisotopic (exact) mass is 397 g/mol. The smallest absolute Gasteiger partial charge is 0.253 e. The first-order valence-electron chi connectivity index (χ1n) is 9.75. The molecule has 2 aromatic rings. The van der Waals surface area contributed by atoms with Gasteiger partial charge in [0.2, 0.25) is 5.91 Å². The van der Waals surface area contributed by atoms with Gasteiger partial charge in [0.25, 0.3) is 5.91 Å². The van der Waals surface area contributed by atoms with Crippen LogP contribution in [0.5, 0.6) is 11.5 Å². The van der Waals surface area contributed by atoms with E-state index in [4.69, 9.17) is 9.47 Å². The van der Waals surface area contributed by atoms with Crippen molar-refractivity contribution in [2.75, 3.05) is 27.3 Å². The van der Waals surface area contributed by atoms with Crippen LogP contribution in [-0.4, -0.2) is 55.0 Å². The molecule has 7 nitrogen and oxygen atoms in total. The molecule has 29 heavy (non-hydrogen) atoms. The van der Waals surface area contributed by atoms with Crippen LogP contribution in [0.2, 0.25) is 0 Å². The van der Waals surface area contributed by atoms with Crippen LogP contribution in [0.15, 0.2) is 42.7 Å². The fraction of sp³-hybridized carbons (Fsp3) is 0.409. The Kier molecular flexibility index (Phi) is 6.69. The van der Waals surface area contributed by atoms with Gasteiger partial charge in [-0.25, -0.2) is 0 Å². The molecule has 0 bridgehead atoms. The van der Waals surface area contributed by atoms with Crippen LogP contribution in [0, 0.1) is 0 Å². The van der Waals surface area contributed by atoms with Crippen LogP contribution in [0.3, 0.4) is 0 Å². The number of ether oxygens (including phenoxy) is 2. The van der Waals surface area contributed by atoms with E-state index in [0.29, 0.717) is 30.2 Å². The van der Waals surface area contributed by atoms with Gasteiger partial charge in [0.15, 0.2) is 11.5 Å². The Hall–Kier alpha value is -3.09. The molecule has 0 radical (unpaired) electrons. The first-order valence-corrected chi connectivity index (χ1v) is 9.75. The minimum absolute atomic E-state index is 0.000803.